The molecule has 0 heterocycles. The molecule has 0 saturated carbocycles. The zero-order chi connectivity index (χ0) is 13.2. The largest absolute Gasteiger partial charge is 0.414 e. The van der Waals surface area contributed by atoms with Gasteiger partial charge in [-0.15, -0.1) is 0 Å². The number of rotatable bonds is 1. The Kier molecular flexibility index (Phi) is 3.81. The molecule has 0 bridgehead atoms. The minimum absolute atomic E-state index is 0.0462. The van der Waals surface area contributed by atoms with Gasteiger partial charge in [-0.1, -0.05) is 26.8 Å². The maximum atomic E-state index is 11.5. The van der Waals surface area contributed by atoms with E-state index < -0.39 is 0 Å². The summed E-state index contributed by atoms with van der Waals surface area (Å²) in [6.45, 7) is 8.50. The first-order chi connectivity index (χ1) is 7.71. The Hall–Kier alpha value is -1.51. The molecule has 0 saturated heterocycles. The van der Waals surface area contributed by atoms with Crippen LogP contribution in [0.3, 0.4) is 0 Å². The standard InChI is InChI=1S/C14H21NO2/c1-10-7-8-11(17-13(16)15(5)6)9-12(10)14(2,3)4/h7-9H,1-6H3. The van der Waals surface area contributed by atoms with Crippen molar-refractivity contribution in [3.63, 3.8) is 0 Å². The topological polar surface area (TPSA) is 29.5 Å². The second-order valence-corrected chi connectivity index (χ2v) is 5.49. The van der Waals surface area contributed by atoms with Crippen molar-refractivity contribution in [1.29, 1.82) is 0 Å². The van der Waals surface area contributed by atoms with Crippen molar-refractivity contribution in [2.75, 3.05) is 14.1 Å². The summed E-state index contributed by atoms with van der Waals surface area (Å²) in [5, 5.41) is 0. The molecule has 0 N–H and O–H groups in total. The van der Waals surface area contributed by atoms with E-state index in [1.54, 1.807) is 14.1 Å². The van der Waals surface area contributed by atoms with Gasteiger partial charge in [0.2, 0.25) is 0 Å². The molecule has 0 radical (unpaired) electrons. The lowest BCUT2D eigenvalue weighted by Crippen LogP contribution is -2.25. The molecule has 1 rings (SSSR count). The van der Waals surface area contributed by atoms with Crippen molar-refractivity contribution in [3.05, 3.63) is 29.3 Å². The fourth-order valence-corrected chi connectivity index (χ4v) is 1.66. The van der Waals surface area contributed by atoms with E-state index in [9.17, 15) is 4.79 Å². The molecule has 0 aliphatic rings. The molecule has 1 amide bonds. The van der Waals surface area contributed by atoms with E-state index in [-0.39, 0.29) is 11.5 Å². The summed E-state index contributed by atoms with van der Waals surface area (Å²) in [5.74, 6) is 0.597. The summed E-state index contributed by atoms with van der Waals surface area (Å²) >= 11 is 0. The number of hydrogen-bond acceptors (Lipinski definition) is 2. The molecule has 3 nitrogen and oxygen atoms in total. The molecule has 17 heavy (non-hydrogen) atoms. The van der Waals surface area contributed by atoms with Crippen LogP contribution in [0.1, 0.15) is 31.9 Å². The van der Waals surface area contributed by atoms with Gasteiger partial charge in [0.05, 0.1) is 0 Å². The van der Waals surface area contributed by atoms with Crippen molar-refractivity contribution in [1.82, 2.24) is 4.90 Å². The average molecular weight is 235 g/mol. The fourth-order valence-electron chi connectivity index (χ4n) is 1.66. The number of carbonyl (C=O) groups excluding carboxylic acids is 1. The van der Waals surface area contributed by atoms with Crippen LogP contribution in [0.2, 0.25) is 0 Å². The highest BCUT2D eigenvalue weighted by atomic mass is 16.6. The average Bonchev–Trinajstić information content (AvgIpc) is 2.19. The van der Waals surface area contributed by atoms with Gasteiger partial charge in [-0.05, 0) is 35.6 Å². The third-order valence-corrected chi connectivity index (χ3v) is 2.59. The van der Waals surface area contributed by atoms with Crippen molar-refractivity contribution in [2.45, 2.75) is 33.1 Å². The van der Waals surface area contributed by atoms with Crippen LogP contribution >= 0.6 is 0 Å². The lowest BCUT2D eigenvalue weighted by Gasteiger charge is -2.22. The number of ether oxygens (including phenoxy) is 1. The minimum Gasteiger partial charge on any atom is -0.410 e. The van der Waals surface area contributed by atoms with E-state index in [1.807, 2.05) is 18.2 Å². The van der Waals surface area contributed by atoms with Gasteiger partial charge in [0.15, 0.2) is 0 Å². The molecule has 3 heteroatoms. The smallest absolute Gasteiger partial charge is 0.410 e. The van der Waals surface area contributed by atoms with Crippen molar-refractivity contribution in [2.24, 2.45) is 0 Å². The van der Waals surface area contributed by atoms with Crippen LogP contribution in [-0.2, 0) is 5.41 Å². The molecular weight excluding hydrogens is 214 g/mol. The fraction of sp³-hybridized carbons (Fsp3) is 0.500. The Morgan fingerprint density at radius 3 is 2.29 bits per heavy atom. The molecule has 1 aromatic carbocycles. The predicted octanol–water partition coefficient (Wildman–Crippen LogP) is 3.35. The maximum Gasteiger partial charge on any atom is 0.414 e. The first-order valence-electron chi connectivity index (χ1n) is 5.72. The van der Waals surface area contributed by atoms with Gasteiger partial charge in [-0.3, -0.25) is 0 Å². The van der Waals surface area contributed by atoms with E-state index in [0.717, 1.165) is 0 Å². The summed E-state index contributed by atoms with van der Waals surface area (Å²) in [6, 6.07) is 5.75. The van der Waals surface area contributed by atoms with Crippen molar-refractivity contribution < 1.29 is 9.53 Å². The molecule has 0 spiro atoms. The Morgan fingerprint density at radius 1 is 1.24 bits per heavy atom. The first kappa shape index (κ1) is 13.6. The zero-order valence-electron chi connectivity index (χ0n) is 11.5. The SMILES string of the molecule is Cc1ccc(OC(=O)N(C)C)cc1C(C)(C)C. The van der Waals surface area contributed by atoms with Crippen molar-refractivity contribution in [3.8, 4) is 5.75 Å². The number of hydrogen-bond donors (Lipinski definition) is 0. The highest BCUT2D eigenvalue weighted by Crippen LogP contribution is 2.29. The number of benzene rings is 1. The van der Waals surface area contributed by atoms with Crippen LogP contribution < -0.4 is 4.74 Å². The second-order valence-electron chi connectivity index (χ2n) is 5.49. The molecule has 0 unspecified atom stereocenters. The van der Waals surface area contributed by atoms with Crippen LogP contribution in [-0.4, -0.2) is 25.1 Å². The first-order valence-corrected chi connectivity index (χ1v) is 5.72. The quantitative estimate of drug-likeness (QED) is 0.747. The second kappa shape index (κ2) is 4.78. The van der Waals surface area contributed by atoms with Gasteiger partial charge in [-0.2, -0.15) is 0 Å². The molecule has 0 atom stereocenters. The van der Waals surface area contributed by atoms with Crippen LogP contribution in [0, 0.1) is 6.92 Å². The Morgan fingerprint density at radius 2 is 1.82 bits per heavy atom. The van der Waals surface area contributed by atoms with E-state index >= 15 is 0 Å². The van der Waals surface area contributed by atoms with Gasteiger partial charge >= 0.3 is 6.09 Å². The molecule has 0 aliphatic carbocycles. The molecule has 0 aliphatic heterocycles. The lowest BCUT2D eigenvalue weighted by atomic mass is 9.84. The maximum absolute atomic E-state index is 11.5. The van der Waals surface area contributed by atoms with Gasteiger partial charge in [-0.25, -0.2) is 4.79 Å². The monoisotopic (exact) mass is 235 g/mol. The third-order valence-electron chi connectivity index (χ3n) is 2.59. The van der Waals surface area contributed by atoms with Crippen LogP contribution in [0.4, 0.5) is 4.79 Å². The molecule has 1 aromatic rings. The van der Waals surface area contributed by atoms with Gasteiger partial charge in [0.25, 0.3) is 0 Å². The predicted molar refractivity (Wildman–Crippen MR) is 69.6 cm³/mol. The summed E-state index contributed by atoms with van der Waals surface area (Å²) in [4.78, 5) is 12.9. The van der Waals surface area contributed by atoms with Gasteiger partial charge < -0.3 is 9.64 Å². The van der Waals surface area contributed by atoms with E-state index in [0.29, 0.717) is 5.75 Å². The Balaban J connectivity index is 3.01. The molecular formula is C14H21NO2. The molecule has 0 fully saturated rings. The highest BCUT2D eigenvalue weighted by Gasteiger charge is 2.17. The summed E-state index contributed by atoms with van der Waals surface area (Å²) in [5.41, 5.74) is 2.45. The molecule has 94 valence electrons. The minimum atomic E-state index is -0.353. The van der Waals surface area contributed by atoms with Crippen molar-refractivity contribution >= 4 is 6.09 Å². The number of amides is 1. The number of aryl methyl sites for hydroxylation is 1. The highest BCUT2D eigenvalue weighted by molar-refractivity contribution is 5.70. The summed E-state index contributed by atoms with van der Waals surface area (Å²) in [7, 11) is 3.34. The lowest BCUT2D eigenvalue weighted by molar-refractivity contribution is 0.172. The zero-order valence-corrected chi connectivity index (χ0v) is 11.5. The third kappa shape index (κ3) is 3.48. The number of carbonyl (C=O) groups is 1. The van der Waals surface area contributed by atoms with E-state index in [1.165, 1.54) is 16.0 Å². The molecule has 0 aromatic heterocycles. The van der Waals surface area contributed by atoms with E-state index in [4.69, 9.17) is 4.74 Å². The normalized spacial score (nSPS) is 11.2. The van der Waals surface area contributed by atoms with Gasteiger partial charge in [0, 0.05) is 14.1 Å². The summed E-state index contributed by atoms with van der Waals surface area (Å²) in [6.07, 6.45) is -0.353. The van der Waals surface area contributed by atoms with Gasteiger partial charge in [0.1, 0.15) is 5.75 Å². The Labute approximate surface area is 103 Å². The Bertz CT molecular complexity index is 417. The van der Waals surface area contributed by atoms with Crippen LogP contribution in [0.15, 0.2) is 18.2 Å². The summed E-state index contributed by atoms with van der Waals surface area (Å²) < 4.78 is 5.25. The van der Waals surface area contributed by atoms with Crippen LogP contribution in [0.5, 0.6) is 5.75 Å². The van der Waals surface area contributed by atoms with E-state index in [2.05, 4.69) is 27.7 Å². The number of nitrogens with zero attached hydrogens (tertiary/aromatic N) is 1. The van der Waals surface area contributed by atoms with Crippen LogP contribution in [0.25, 0.3) is 0 Å².